The van der Waals surface area contributed by atoms with Gasteiger partial charge in [-0.1, -0.05) is 6.07 Å². The normalized spacial score (nSPS) is 11.8. The summed E-state index contributed by atoms with van der Waals surface area (Å²) in [7, 11) is -3.50. The van der Waals surface area contributed by atoms with Gasteiger partial charge in [0.05, 0.1) is 4.90 Å². The van der Waals surface area contributed by atoms with Gasteiger partial charge < -0.3 is 5.73 Å². The fraction of sp³-hybridized carbons (Fsp3) is 0.286. The Balaban J connectivity index is 2.17. The lowest BCUT2D eigenvalue weighted by atomic mass is 10.1. The van der Waals surface area contributed by atoms with Gasteiger partial charge in [0.2, 0.25) is 10.0 Å². The molecule has 20 heavy (non-hydrogen) atoms. The molecular weight excluding hydrogens is 292 g/mol. The molecule has 6 heteroatoms. The molecule has 0 saturated heterocycles. The molecule has 0 fully saturated rings. The zero-order valence-corrected chi connectivity index (χ0v) is 13.1. The lowest BCUT2D eigenvalue weighted by Gasteiger charge is -2.09. The van der Waals surface area contributed by atoms with Gasteiger partial charge in [-0.05, 0) is 49.2 Å². The predicted molar refractivity (Wildman–Crippen MR) is 82.2 cm³/mol. The third kappa shape index (κ3) is 3.46. The van der Waals surface area contributed by atoms with E-state index in [0.29, 0.717) is 13.1 Å². The first kappa shape index (κ1) is 15.2. The predicted octanol–water partition coefficient (Wildman–Crippen LogP) is 2.30. The van der Waals surface area contributed by atoms with E-state index in [2.05, 4.69) is 4.72 Å². The van der Waals surface area contributed by atoms with Crippen LogP contribution < -0.4 is 10.5 Å². The molecule has 0 bridgehead atoms. The third-order valence-electron chi connectivity index (χ3n) is 3.08. The van der Waals surface area contributed by atoms with Crippen LogP contribution in [0.3, 0.4) is 0 Å². The highest BCUT2D eigenvalue weighted by Crippen LogP contribution is 2.18. The molecule has 2 rings (SSSR count). The average Bonchev–Trinajstić information content (AvgIpc) is 2.83. The Morgan fingerprint density at radius 2 is 1.95 bits per heavy atom. The number of thiophene rings is 1. The quantitative estimate of drug-likeness (QED) is 0.890. The highest BCUT2D eigenvalue weighted by atomic mass is 32.2. The Kier molecular flexibility index (Phi) is 4.59. The second-order valence-electron chi connectivity index (χ2n) is 4.63. The SMILES string of the molecule is Cc1ccc(CNS(=O)(=O)c2ccc(C)c(CN)c2)s1. The summed E-state index contributed by atoms with van der Waals surface area (Å²) >= 11 is 1.59. The van der Waals surface area contributed by atoms with Gasteiger partial charge in [0.15, 0.2) is 0 Å². The summed E-state index contributed by atoms with van der Waals surface area (Å²) in [6.07, 6.45) is 0. The molecule has 0 aliphatic rings. The van der Waals surface area contributed by atoms with E-state index in [4.69, 9.17) is 5.73 Å². The van der Waals surface area contributed by atoms with E-state index in [1.54, 1.807) is 29.5 Å². The van der Waals surface area contributed by atoms with E-state index in [1.807, 2.05) is 26.0 Å². The number of sulfonamides is 1. The maximum atomic E-state index is 12.2. The number of aryl methyl sites for hydroxylation is 2. The van der Waals surface area contributed by atoms with Crippen molar-refractivity contribution in [2.75, 3.05) is 0 Å². The van der Waals surface area contributed by atoms with Crippen molar-refractivity contribution in [1.29, 1.82) is 0 Å². The highest BCUT2D eigenvalue weighted by Gasteiger charge is 2.15. The smallest absolute Gasteiger partial charge is 0.240 e. The molecule has 0 aliphatic heterocycles. The second-order valence-corrected chi connectivity index (χ2v) is 7.77. The van der Waals surface area contributed by atoms with E-state index in [0.717, 1.165) is 16.0 Å². The molecule has 1 aromatic heterocycles. The van der Waals surface area contributed by atoms with E-state index < -0.39 is 10.0 Å². The molecule has 4 nitrogen and oxygen atoms in total. The molecule has 1 aromatic carbocycles. The van der Waals surface area contributed by atoms with Crippen LogP contribution >= 0.6 is 11.3 Å². The van der Waals surface area contributed by atoms with Crippen molar-refractivity contribution >= 4 is 21.4 Å². The number of benzene rings is 1. The van der Waals surface area contributed by atoms with Crippen LogP contribution in [-0.2, 0) is 23.1 Å². The Hall–Kier alpha value is -1.21. The maximum absolute atomic E-state index is 12.2. The fourth-order valence-corrected chi connectivity index (χ4v) is 3.84. The number of hydrogen-bond donors (Lipinski definition) is 2. The number of hydrogen-bond acceptors (Lipinski definition) is 4. The summed E-state index contributed by atoms with van der Waals surface area (Å²) in [5, 5.41) is 0. The van der Waals surface area contributed by atoms with Gasteiger partial charge in [0, 0.05) is 22.8 Å². The molecule has 0 spiro atoms. The number of nitrogens with two attached hydrogens (primary N) is 1. The van der Waals surface area contributed by atoms with E-state index in [1.165, 1.54) is 4.88 Å². The molecular formula is C14H18N2O2S2. The van der Waals surface area contributed by atoms with E-state index in [9.17, 15) is 8.42 Å². The third-order valence-corrected chi connectivity index (χ3v) is 5.48. The minimum absolute atomic E-state index is 0.261. The van der Waals surface area contributed by atoms with Crippen molar-refractivity contribution < 1.29 is 8.42 Å². The number of rotatable bonds is 5. The van der Waals surface area contributed by atoms with Gasteiger partial charge in [-0.2, -0.15) is 0 Å². The van der Waals surface area contributed by atoms with Gasteiger partial charge in [-0.25, -0.2) is 13.1 Å². The summed E-state index contributed by atoms with van der Waals surface area (Å²) < 4.78 is 27.1. The van der Waals surface area contributed by atoms with Crippen molar-refractivity contribution in [3.8, 4) is 0 Å². The molecule has 0 radical (unpaired) electrons. The lowest BCUT2D eigenvalue weighted by molar-refractivity contribution is 0.581. The van der Waals surface area contributed by atoms with Gasteiger partial charge >= 0.3 is 0 Å². The molecule has 0 unspecified atom stereocenters. The van der Waals surface area contributed by atoms with Crippen LogP contribution in [0.15, 0.2) is 35.2 Å². The first-order valence-corrected chi connectivity index (χ1v) is 8.57. The van der Waals surface area contributed by atoms with Gasteiger partial charge in [0.25, 0.3) is 0 Å². The van der Waals surface area contributed by atoms with Crippen LogP contribution in [0.2, 0.25) is 0 Å². The first-order chi connectivity index (χ1) is 9.42. The highest BCUT2D eigenvalue weighted by molar-refractivity contribution is 7.89. The van der Waals surface area contributed by atoms with Crippen molar-refractivity contribution in [3.05, 3.63) is 51.2 Å². The minimum atomic E-state index is -3.50. The lowest BCUT2D eigenvalue weighted by Crippen LogP contribution is -2.23. The standard InChI is InChI=1S/C14H18N2O2S2/c1-10-3-6-14(7-12(10)8-15)20(17,18)16-9-13-5-4-11(2)19-13/h3-7,16H,8-9,15H2,1-2H3. The molecule has 0 aliphatic carbocycles. The van der Waals surface area contributed by atoms with Crippen LogP contribution in [0.4, 0.5) is 0 Å². The molecule has 108 valence electrons. The van der Waals surface area contributed by atoms with Crippen LogP contribution in [0.5, 0.6) is 0 Å². The summed E-state index contributed by atoms with van der Waals surface area (Å²) in [5.74, 6) is 0. The molecule has 0 amide bonds. The summed E-state index contributed by atoms with van der Waals surface area (Å²) in [6.45, 7) is 4.56. The van der Waals surface area contributed by atoms with Crippen molar-refractivity contribution in [2.45, 2.75) is 31.8 Å². The number of nitrogens with one attached hydrogen (secondary N) is 1. The van der Waals surface area contributed by atoms with Gasteiger partial charge in [-0.3, -0.25) is 0 Å². The minimum Gasteiger partial charge on any atom is -0.326 e. The largest absolute Gasteiger partial charge is 0.326 e. The Labute approximate surface area is 123 Å². The average molecular weight is 310 g/mol. The van der Waals surface area contributed by atoms with Crippen molar-refractivity contribution in [2.24, 2.45) is 5.73 Å². The van der Waals surface area contributed by atoms with E-state index in [-0.39, 0.29) is 4.90 Å². The summed E-state index contributed by atoms with van der Waals surface area (Å²) in [5.41, 5.74) is 7.46. The molecule has 0 atom stereocenters. The zero-order chi connectivity index (χ0) is 14.8. The van der Waals surface area contributed by atoms with Crippen molar-refractivity contribution in [1.82, 2.24) is 4.72 Å². The molecule has 1 heterocycles. The van der Waals surface area contributed by atoms with Crippen LogP contribution in [0, 0.1) is 13.8 Å². The molecule has 2 aromatic rings. The zero-order valence-electron chi connectivity index (χ0n) is 11.5. The van der Waals surface area contributed by atoms with Crippen LogP contribution in [0.25, 0.3) is 0 Å². The summed E-state index contributed by atoms with van der Waals surface area (Å²) in [6, 6.07) is 8.94. The first-order valence-electron chi connectivity index (χ1n) is 6.27. The maximum Gasteiger partial charge on any atom is 0.240 e. The van der Waals surface area contributed by atoms with Crippen LogP contribution in [0.1, 0.15) is 20.9 Å². The van der Waals surface area contributed by atoms with Crippen LogP contribution in [-0.4, -0.2) is 8.42 Å². The Morgan fingerprint density at radius 3 is 2.55 bits per heavy atom. The van der Waals surface area contributed by atoms with Crippen molar-refractivity contribution in [3.63, 3.8) is 0 Å². The van der Waals surface area contributed by atoms with Gasteiger partial charge in [0.1, 0.15) is 0 Å². The fourth-order valence-electron chi connectivity index (χ4n) is 1.86. The van der Waals surface area contributed by atoms with E-state index >= 15 is 0 Å². The topological polar surface area (TPSA) is 72.2 Å². The Morgan fingerprint density at radius 1 is 1.20 bits per heavy atom. The summed E-state index contributed by atoms with van der Waals surface area (Å²) in [4.78, 5) is 2.43. The molecule has 3 N–H and O–H groups in total. The Bertz CT molecular complexity index is 706. The molecule has 0 saturated carbocycles. The van der Waals surface area contributed by atoms with Gasteiger partial charge in [-0.15, -0.1) is 11.3 Å². The second kappa shape index (κ2) is 6.05. The monoisotopic (exact) mass is 310 g/mol.